The van der Waals surface area contributed by atoms with Gasteiger partial charge in [0.15, 0.2) is 5.78 Å². The van der Waals surface area contributed by atoms with Gasteiger partial charge < -0.3 is 14.6 Å². The van der Waals surface area contributed by atoms with Crippen molar-refractivity contribution in [3.63, 3.8) is 0 Å². The standard InChI is InChI=1S/C23H30O6/c1-14-11-18-21(15(2)22(26)29-18)19(13-23(3,27)10-9-17(14)24)28-20(25)12-16-7-5-4-6-8-16/h9-11,16,18-19,21,27H,2,4-8,12-13H2,1,3H3/b10-9+,14-11-/t18-,19-,21+,23+/m1/s1. The van der Waals surface area contributed by atoms with E-state index in [2.05, 4.69) is 6.58 Å². The van der Waals surface area contributed by atoms with E-state index in [9.17, 15) is 19.5 Å². The number of aliphatic hydroxyl groups is 1. The van der Waals surface area contributed by atoms with Crippen LogP contribution < -0.4 is 0 Å². The minimum Gasteiger partial charge on any atom is -0.461 e. The lowest BCUT2D eigenvalue weighted by Crippen LogP contribution is -2.40. The summed E-state index contributed by atoms with van der Waals surface area (Å²) in [5, 5.41) is 10.8. The summed E-state index contributed by atoms with van der Waals surface area (Å²) < 4.78 is 11.2. The van der Waals surface area contributed by atoms with Crippen molar-refractivity contribution in [3.8, 4) is 0 Å². The summed E-state index contributed by atoms with van der Waals surface area (Å²) in [7, 11) is 0. The molecule has 6 heteroatoms. The first kappa shape index (κ1) is 21.5. The molecule has 2 fully saturated rings. The van der Waals surface area contributed by atoms with E-state index in [1.165, 1.54) is 18.6 Å². The van der Waals surface area contributed by atoms with Gasteiger partial charge >= 0.3 is 11.9 Å². The normalized spacial score (nSPS) is 36.6. The van der Waals surface area contributed by atoms with Gasteiger partial charge in [-0.05, 0) is 56.4 Å². The zero-order valence-corrected chi connectivity index (χ0v) is 17.2. The molecule has 0 radical (unpaired) electrons. The highest BCUT2D eigenvalue weighted by atomic mass is 16.6. The fraction of sp³-hybridized carbons (Fsp3) is 0.609. The minimum absolute atomic E-state index is 0.0386. The maximum atomic E-state index is 12.7. The highest BCUT2D eigenvalue weighted by Gasteiger charge is 2.46. The summed E-state index contributed by atoms with van der Waals surface area (Å²) in [5.74, 6) is -1.50. The second kappa shape index (κ2) is 8.66. The van der Waals surface area contributed by atoms with Crippen molar-refractivity contribution in [1.82, 2.24) is 0 Å². The molecule has 6 nitrogen and oxygen atoms in total. The van der Waals surface area contributed by atoms with Crippen molar-refractivity contribution in [2.45, 2.75) is 76.6 Å². The van der Waals surface area contributed by atoms with Gasteiger partial charge in [0, 0.05) is 18.4 Å². The zero-order chi connectivity index (χ0) is 21.2. The molecule has 0 unspecified atom stereocenters. The van der Waals surface area contributed by atoms with Crippen LogP contribution in [-0.4, -0.2) is 40.6 Å². The molecule has 158 valence electrons. The molecule has 1 N–H and O–H groups in total. The molecule has 0 bridgehead atoms. The fourth-order valence-electron chi connectivity index (χ4n) is 4.46. The SMILES string of the molecule is C=C1C(=O)O[C@@H]2/C=C(/C)C(=O)/C=C/[C@](C)(O)C[C@@H](OC(=O)CC3CCCCC3)[C@@H]12. The van der Waals surface area contributed by atoms with Gasteiger partial charge in [-0.2, -0.15) is 0 Å². The predicted octanol–water partition coefficient (Wildman–Crippen LogP) is 3.19. The van der Waals surface area contributed by atoms with Crippen molar-refractivity contribution >= 4 is 17.7 Å². The van der Waals surface area contributed by atoms with Gasteiger partial charge in [0.2, 0.25) is 0 Å². The van der Waals surface area contributed by atoms with E-state index < -0.39 is 29.7 Å². The molecule has 0 aromatic rings. The third kappa shape index (κ3) is 5.24. The maximum Gasteiger partial charge on any atom is 0.334 e. The van der Waals surface area contributed by atoms with Crippen molar-refractivity contribution in [2.75, 3.05) is 0 Å². The highest BCUT2D eigenvalue weighted by Crippen LogP contribution is 2.37. The monoisotopic (exact) mass is 402 g/mol. The number of fused-ring (bicyclic) bond motifs is 1. The van der Waals surface area contributed by atoms with E-state index in [1.54, 1.807) is 19.9 Å². The van der Waals surface area contributed by atoms with Crippen LogP contribution >= 0.6 is 0 Å². The van der Waals surface area contributed by atoms with Crippen LogP contribution in [0, 0.1) is 11.8 Å². The largest absolute Gasteiger partial charge is 0.461 e. The molecule has 4 atom stereocenters. The number of carbonyl (C=O) groups excluding carboxylic acids is 3. The number of rotatable bonds is 3. The lowest BCUT2D eigenvalue weighted by Gasteiger charge is -2.32. The summed E-state index contributed by atoms with van der Waals surface area (Å²) in [6, 6.07) is 0. The number of allylic oxidation sites excluding steroid dienone is 2. The second-order valence-corrected chi connectivity index (χ2v) is 8.77. The average molecular weight is 402 g/mol. The van der Waals surface area contributed by atoms with Crippen molar-refractivity contribution < 1.29 is 29.0 Å². The third-order valence-electron chi connectivity index (χ3n) is 6.14. The molecular weight excluding hydrogens is 372 g/mol. The Kier molecular flexibility index (Phi) is 6.42. The van der Waals surface area contributed by atoms with Crippen molar-refractivity contribution in [3.05, 3.63) is 36.0 Å². The first-order valence-corrected chi connectivity index (χ1v) is 10.4. The van der Waals surface area contributed by atoms with Gasteiger partial charge in [0.25, 0.3) is 0 Å². The van der Waals surface area contributed by atoms with E-state index in [4.69, 9.17) is 9.47 Å². The third-order valence-corrected chi connectivity index (χ3v) is 6.14. The van der Waals surface area contributed by atoms with Gasteiger partial charge in [0.1, 0.15) is 12.2 Å². The summed E-state index contributed by atoms with van der Waals surface area (Å²) in [4.78, 5) is 37.1. The molecule has 29 heavy (non-hydrogen) atoms. The zero-order valence-electron chi connectivity index (χ0n) is 17.2. The Balaban J connectivity index is 1.86. The van der Waals surface area contributed by atoms with Crippen LogP contribution in [0.5, 0.6) is 0 Å². The van der Waals surface area contributed by atoms with Crippen LogP contribution in [0.1, 0.15) is 58.8 Å². The number of carbonyl (C=O) groups is 3. The Hall–Kier alpha value is -2.21. The second-order valence-electron chi connectivity index (χ2n) is 8.77. The number of ether oxygens (including phenoxy) is 2. The Morgan fingerprint density at radius 1 is 1.31 bits per heavy atom. The Morgan fingerprint density at radius 3 is 2.69 bits per heavy atom. The first-order chi connectivity index (χ1) is 13.7. The highest BCUT2D eigenvalue weighted by molar-refractivity contribution is 6.03. The minimum atomic E-state index is -1.39. The van der Waals surface area contributed by atoms with E-state index in [-0.39, 0.29) is 23.7 Å². The van der Waals surface area contributed by atoms with Crippen LogP contribution in [0.3, 0.4) is 0 Å². The van der Waals surface area contributed by atoms with Crippen LogP contribution in [0.2, 0.25) is 0 Å². The molecule has 0 amide bonds. The Morgan fingerprint density at radius 2 is 2.00 bits per heavy atom. The van der Waals surface area contributed by atoms with Gasteiger partial charge in [-0.15, -0.1) is 0 Å². The van der Waals surface area contributed by atoms with E-state index in [1.807, 2.05) is 0 Å². The van der Waals surface area contributed by atoms with Crippen molar-refractivity contribution in [1.29, 1.82) is 0 Å². The summed E-state index contributed by atoms with van der Waals surface area (Å²) in [5.41, 5.74) is -0.800. The topological polar surface area (TPSA) is 89.9 Å². The average Bonchev–Trinajstić information content (AvgIpc) is 2.92. The predicted molar refractivity (Wildman–Crippen MR) is 107 cm³/mol. The van der Waals surface area contributed by atoms with Crippen LogP contribution in [0.15, 0.2) is 36.0 Å². The van der Waals surface area contributed by atoms with Crippen molar-refractivity contribution in [2.24, 2.45) is 11.8 Å². The number of ketones is 1. The lowest BCUT2D eigenvalue weighted by atomic mass is 9.82. The maximum absolute atomic E-state index is 12.7. The Bertz CT molecular complexity index is 753. The van der Waals surface area contributed by atoms with E-state index in [0.717, 1.165) is 25.7 Å². The van der Waals surface area contributed by atoms with Gasteiger partial charge in [-0.3, -0.25) is 9.59 Å². The van der Waals surface area contributed by atoms with Gasteiger partial charge in [0.05, 0.1) is 11.5 Å². The molecule has 1 heterocycles. The molecule has 1 aliphatic heterocycles. The Labute approximate surface area is 171 Å². The molecule has 1 saturated heterocycles. The number of hydrogen-bond donors (Lipinski definition) is 1. The first-order valence-electron chi connectivity index (χ1n) is 10.4. The quantitative estimate of drug-likeness (QED) is 0.576. The molecule has 0 spiro atoms. The van der Waals surface area contributed by atoms with Crippen LogP contribution in [0.25, 0.3) is 0 Å². The van der Waals surface area contributed by atoms with E-state index >= 15 is 0 Å². The van der Waals surface area contributed by atoms with Crippen LogP contribution in [0.4, 0.5) is 0 Å². The molecular formula is C23H30O6. The fourth-order valence-corrected chi connectivity index (χ4v) is 4.46. The summed E-state index contributed by atoms with van der Waals surface area (Å²) in [6.45, 7) is 7.01. The van der Waals surface area contributed by atoms with E-state index in [0.29, 0.717) is 17.9 Å². The molecule has 2 aliphatic carbocycles. The van der Waals surface area contributed by atoms with Gasteiger partial charge in [-0.25, -0.2) is 4.79 Å². The summed E-state index contributed by atoms with van der Waals surface area (Å²) >= 11 is 0. The smallest absolute Gasteiger partial charge is 0.334 e. The molecule has 1 saturated carbocycles. The molecule has 3 rings (SSSR count). The number of esters is 2. The molecule has 0 aromatic heterocycles. The van der Waals surface area contributed by atoms with Gasteiger partial charge in [-0.1, -0.05) is 25.8 Å². The summed E-state index contributed by atoms with van der Waals surface area (Å²) in [6.07, 6.45) is 8.62. The molecule has 3 aliphatic rings. The van der Waals surface area contributed by atoms with Crippen LogP contribution in [-0.2, 0) is 23.9 Å². The lowest BCUT2D eigenvalue weighted by molar-refractivity contribution is -0.156. The number of hydrogen-bond acceptors (Lipinski definition) is 6. The molecule has 0 aromatic carbocycles.